The van der Waals surface area contributed by atoms with E-state index in [1.807, 2.05) is 30.3 Å². The highest BCUT2D eigenvalue weighted by Crippen LogP contribution is 2.23. The number of amides is 1. The number of hydrogen-bond donors (Lipinski definition) is 2. The molecule has 2 N–H and O–H groups in total. The summed E-state index contributed by atoms with van der Waals surface area (Å²) in [5.74, 6) is 1.06. The highest BCUT2D eigenvalue weighted by atomic mass is 16.5. The van der Waals surface area contributed by atoms with E-state index < -0.39 is 0 Å². The first-order chi connectivity index (χ1) is 14.2. The van der Waals surface area contributed by atoms with Crippen LogP contribution in [-0.4, -0.2) is 60.2 Å². The van der Waals surface area contributed by atoms with Crippen LogP contribution in [0.5, 0.6) is 0 Å². The summed E-state index contributed by atoms with van der Waals surface area (Å²) < 4.78 is 5.32. The normalized spacial score (nSPS) is 19.9. The lowest BCUT2D eigenvalue weighted by molar-refractivity contribution is -0.123. The second-order valence-corrected chi connectivity index (χ2v) is 7.84. The molecule has 154 valence electrons. The average Bonchev–Trinajstić information content (AvgIpc) is 2.96. The Morgan fingerprint density at radius 1 is 1.17 bits per heavy atom. The Balaban J connectivity index is 1.35. The fourth-order valence-electron chi connectivity index (χ4n) is 4.06. The summed E-state index contributed by atoms with van der Waals surface area (Å²) in [7, 11) is 0. The second-order valence-electron chi connectivity index (χ2n) is 7.84. The summed E-state index contributed by atoms with van der Waals surface area (Å²) in [6.45, 7) is 4.09. The van der Waals surface area contributed by atoms with Gasteiger partial charge in [-0.2, -0.15) is 0 Å². The molecule has 7 heteroatoms. The molecule has 1 unspecified atom stereocenters. The number of nitrogens with zero attached hydrogens (tertiary/aromatic N) is 2. The molecule has 1 aliphatic heterocycles. The zero-order valence-electron chi connectivity index (χ0n) is 16.7. The van der Waals surface area contributed by atoms with Crippen molar-refractivity contribution >= 4 is 5.91 Å². The molecule has 4 rings (SSSR count). The van der Waals surface area contributed by atoms with E-state index in [0.29, 0.717) is 44.5 Å². The van der Waals surface area contributed by atoms with Gasteiger partial charge in [-0.25, -0.2) is 4.98 Å². The van der Waals surface area contributed by atoms with Crippen LogP contribution in [0.25, 0.3) is 11.4 Å². The van der Waals surface area contributed by atoms with Crippen molar-refractivity contribution in [1.82, 2.24) is 20.2 Å². The Morgan fingerprint density at radius 3 is 2.72 bits per heavy atom. The number of rotatable bonds is 5. The minimum Gasteiger partial charge on any atom is -0.379 e. The van der Waals surface area contributed by atoms with Crippen LogP contribution in [0.2, 0.25) is 0 Å². The summed E-state index contributed by atoms with van der Waals surface area (Å²) in [5, 5.41) is 3.08. The molecule has 0 spiro atoms. The van der Waals surface area contributed by atoms with Gasteiger partial charge < -0.3 is 15.0 Å². The smallest absolute Gasteiger partial charge is 0.254 e. The third-order valence-corrected chi connectivity index (χ3v) is 5.80. The van der Waals surface area contributed by atoms with E-state index in [1.165, 1.54) is 0 Å². The molecule has 1 saturated heterocycles. The van der Waals surface area contributed by atoms with Gasteiger partial charge in [-0.05, 0) is 31.6 Å². The number of aryl methyl sites for hydroxylation is 1. The maximum atomic E-state index is 12.6. The molecule has 1 atom stereocenters. The molecule has 29 heavy (non-hydrogen) atoms. The molecule has 1 aromatic carbocycles. The Hall–Kier alpha value is -2.51. The second kappa shape index (κ2) is 9.33. The van der Waals surface area contributed by atoms with Gasteiger partial charge in [0, 0.05) is 30.8 Å². The highest BCUT2D eigenvalue weighted by Gasteiger charge is 2.21. The molecule has 1 amide bonds. The summed E-state index contributed by atoms with van der Waals surface area (Å²) >= 11 is 0. The number of aromatic amines is 1. The van der Waals surface area contributed by atoms with Crippen molar-refractivity contribution in [3.8, 4) is 11.4 Å². The zero-order chi connectivity index (χ0) is 20.1. The quantitative estimate of drug-likeness (QED) is 0.746. The number of ether oxygens (including phenoxy) is 1. The lowest BCUT2D eigenvalue weighted by Gasteiger charge is -2.26. The van der Waals surface area contributed by atoms with Crippen LogP contribution >= 0.6 is 0 Å². The number of aromatic nitrogens is 2. The van der Waals surface area contributed by atoms with Gasteiger partial charge in [0.25, 0.3) is 5.56 Å². The van der Waals surface area contributed by atoms with Crippen LogP contribution in [0.3, 0.4) is 0 Å². The Bertz CT molecular complexity index is 891. The minimum atomic E-state index is -0.0362. The molecule has 0 radical (unpaired) electrons. The number of fused-ring (bicyclic) bond motifs is 1. The average molecular weight is 396 g/mol. The van der Waals surface area contributed by atoms with Crippen LogP contribution in [0.4, 0.5) is 0 Å². The predicted molar refractivity (Wildman–Crippen MR) is 111 cm³/mol. The standard InChI is InChI=1S/C22H28N4O3/c27-20(15-26-10-12-29-13-11-26)23-14-16-6-8-18-19(9-7-16)24-21(25-22(18)28)17-4-2-1-3-5-17/h1-5,16H,6-15H2,(H,23,27)(H,24,25,28). The molecule has 7 nitrogen and oxygen atoms in total. The van der Waals surface area contributed by atoms with Crippen molar-refractivity contribution in [3.63, 3.8) is 0 Å². The third-order valence-electron chi connectivity index (χ3n) is 5.80. The van der Waals surface area contributed by atoms with E-state index in [-0.39, 0.29) is 11.5 Å². The number of morpholine rings is 1. The third kappa shape index (κ3) is 5.10. The van der Waals surface area contributed by atoms with E-state index in [2.05, 4.69) is 15.2 Å². The van der Waals surface area contributed by atoms with Crippen molar-refractivity contribution in [1.29, 1.82) is 0 Å². The maximum Gasteiger partial charge on any atom is 0.254 e. The molecular formula is C22H28N4O3. The summed E-state index contributed by atoms with van der Waals surface area (Å²) in [6.07, 6.45) is 3.29. The number of H-pyrrole nitrogens is 1. The fourth-order valence-corrected chi connectivity index (χ4v) is 4.06. The van der Waals surface area contributed by atoms with Crippen LogP contribution in [-0.2, 0) is 22.4 Å². The Kier molecular flexibility index (Phi) is 6.36. The summed E-state index contributed by atoms with van der Waals surface area (Å²) in [6, 6.07) is 9.73. The lowest BCUT2D eigenvalue weighted by Crippen LogP contribution is -2.44. The predicted octanol–water partition coefficient (Wildman–Crippen LogP) is 1.38. The first-order valence-electron chi connectivity index (χ1n) is 10.4. The van der Waals surface area contributed by atoms with Crippen LogP contribution in [0.1, 0.15) is 24.1 Å². The van der Waals surface area contributed by atoms with Gasteiger partial charge in [-0.15, -0.1) is 0 Å². The molecule has 1 aliphatic carbocycles. The molecule has 2 aromatic rings. The van der Waals surface area contributed by atoms with Crippen LogP contribution in [0.15, 0.2) is 35.1 Å². The number of hydrogen-bond acceptors (Lipinski definition) is 5. The van der Waals surface area contributed by atoms with E-state index in [4.69, 9.17) is 9.72 Å². The Labute approximate surface area is 170 Å². The van der Waals surface area contributed by atoms with Crippen molar-refractivity contribution < 1.29 is 9.53 Å². The van der Waals surface area contributed by atoms with Crippen molar-refractivity contribution in [2.24, 2.45) is 5.92 Å². The Morgan fingerprint density at radius 2 is 1.93 bits per heavy atom. The van der Waals surface area contributed by atoms with E-state index in [0.717, 1.165) is 49.2 Å². The molecule has 1 aromatic heterocycles. The first-order valence-corrected chi connectivity index (χ1v) is 10.4. The van der Waals surface area contributed by atoms with Gasteiger partial charge in [-0.3, -0.25) is 14.5 Å². The summed E-state index contributed by atoms with van der Waals surface area (Å²) in [5.41, 5.74) is 2.58. The largest absolute Gasteiger partial charge is 0.379 e. The highest BCUT2D eigenvalue weighted by molar-refractivity contribution is 5.78. The van der Waals surface area contributed by atoms with E-state index in [9.17, 15) is 9.59 Å². The van der Waals surface area contributed by atoms with Gasteiger partial charge in [0.15, 0.2) is 0 Å². The van der Waals surface area contributed by atoms with E-state index in [1.54, 1.807) is 0 Å². The van der Waals surface area contributed by atoms with Gasteiger partial charge in [0.2, 0.25) is 5.91 Å². The first kappa shape index (κ1) is 19.8. The monoisotopic (exact) mass is 396 g/mol. The van der Waals surface area contributed by atoms with Gasteiger partial charge in [0.1, 0.15) is 5.82 Å². The number of benzene rings is 1. The number of carbonyl (C=O) groups excluding carboxylic acids is 1. The minimum absolute atomic E-state index is 0.0362. The summed E-state index contributed by atoms with van der Waals surface area (Å²) in [4.78, 5) is 34.7. The van der Waals surface area contributed by atoms with Crippen LogP contribution < -0.4 is 10.9 Å². The lowest BCUT2D eigenvalue weighted by atomic mass is 10.00. The molecule has 2 aliphatic rings. The van der Waals surface area contributed by atoms with Crippen LogP contribution in [0, 0.1) is 5.92 Å². The molecule has 1 fully saturated rings. The molecular weight excluding hydrogens is 368 g/mol. The van der Waals surface area contributed by atoms with Gasteiger partial charge in [0.05, 0.1) is 25.5 Å². The fraction of sp³-hybridized carbons (Fsp3) is 0.500. The van der Waals surface area contributed by atoms with Crippen molar-refractivity contribution in [2.75, 3.05) is 39.4 Å². The topological polar surface area (TPSA) is 87.3 Å². The van der Waals surface area contributed by atoms with Crippen molar-refractivity contribution in [2.45, 2.75) is 25.7 Å². The van der Waals surface area contributed by atoms with Gasteiger partial charge in [-0.1, -0.05) is 30.3 Å². The number of nitrogens with one attached hydrogen (secondary N) is 2. The van der Waals surface area contributed by atoms with Crippen molar-refractivity contribution in [3.05, 3.63) is 51.9 Å². The zero-order valence-corrected chi connectivity index (χ0v) is 16.7. The molecule has 0 bridgehead atoms. The maximum absolute atomic E-state index is 12.6. The van der Waals surface area contributed by atoms with E-state index >= 15 is 0 Å². The molecule has 2 heterocycles. The molecule has 0 saturated carbocycles. The van der Waals surface area contributed by atoms with Gasteiger partial charge >= 0.3 is 0 Å². The SMILES string of the molecule is O=C(CN1CCOCC1)NCC1CCc2nc(-c3ccccc3)[nH]c(=O)c2CC1. The number of carbonyl (C=O) groups is 1.